The van der Waals surface area contributed by atoms with Gasteiger partial charge in [-0.05, 0) is 32.6 Å². The lowest BCUT2D eigenvalue weighted by Crippen LogP contribution is -2.46. The number of carbonyl (C=O) groups excluding carboxylic acids is 1. The lowest BCUT2D eigenvalue weighted by molar-refractivity contribution is -0.738. The number of rotatable bonds is 29. The highest BCUT2D eigenvalue weighted by atomic mass is 16.1. The van der Waals surface area contributed by atoms with E-state index in [4.69, 9.17) is 0 Å². The van der Waals surface area contributed by atoms with Gasteiger partial charge in [-0.25, -0.2) is 45.7 Å². The minimum atomic E-state index is 0.236. The van der Waals surface area contributed by atoms with Crippen molar-refractivity contribution in [3.05, 3.63) is 93.6 Å². The molecule has 0 aliphatic rings. The fourth-order valence-electron chi connectivity index (χ4n) is 7.98. The molecule has 12 heteroatoms. The van der Waals surface area contributed by atoms with Gasteiger partial charge in [0.25, 0.3) is 0 Å². The summed E-state index contributed by atoms with van der Waals surface area (Å²) in [6, 6.07) is 0.865. The minimum Gasteiger partial charge on any atom is -0.359 e. The second-order valence-corrected chi connectivity index (χ2v) is 16.1. The molecule has 0 saturated carbocycles. The second kappa shape index (κ2) is 22.9. The molecule has 0 aliphatic carbocycles. The Kier molecular flexibility index (Phi) is 17.5. The van der Waals surface area contributed by atoms with E-state index in [0.29, 0.717) is 18.5 Å². The first kappa shape index (κ1) is 42.7. The molecule has 0 saturated heterocycles. The summed E-state index contributed by atoms with van der Waals surface area (Å²) in [4.78, 5) is 10.8. The van der Waals surface area contributed by atoms with Crippen molar-refractivity contribution in [3.63, 3.8) is 0 Å². The molecule has 0 bridgehead atoms. The molecule has 5 rings (SSSR count). The van der Waals surface area contributed by atoms with Crippen molar-refractivity contribution in [3.8, 4) is 0 Å². The monoisotopic (exact) mass is 773 g/mol. The summed E-state index contributed by atoms with van der Waals surface area (Å²) in [5.41, 5.74) is 0. The van der Waals surface area contributed by atoms with Gasteiger partial charge in [0.1, 0.15) is 93.2 Å². The van der Waals surface area contributed by atoms with Crippen LogP contribution in [0.4, 0.5) is 0 Å². The van der Waals surface area contributed by atoms with E-state index in [1.165, 1.54) is 51.4 Å². The molecule has 5 heterocycles. The van der Waals surface area contributed by atoms with Crippen LogP contribution in [0.5, 0.6) is 0 Å². The number of carbonyl (C=O) groups is 1. The van der Waals surface area contributed by atoms with Gasteiger partial charge >= 0.3 is 0 Å². The zero-order valence-corrected chi connectivity index (χ0v) is 35.4. The summed E-state index contributed by atoms with van der Waals surface area (Å²) >= 11 is 0. The zero-order chi connectivity index (χ0) is 39.5. The summed E-state index contributed by atoms with van der Waals surface area (Å²) in [6.45, 7) is 19.0. The van der Waals surface area contributed by atoms with Crippen LogP contribution in [0.3, 0.4) is 0 Å². The molecule has 12 nitrogen and oxygen atoms in total. The number of hydrogen-bond donors (Lipinski definition) is 1. The second-order valence-electron chi connectivity index (χ2n) is 16.1. The summed E-state index contributed by atoms with van der Waals surface area (Å²) < 4.78 is 24.0. The Balaban J connectivity index is 1.51. The van der Waals surface area contributed by atoms with Crippen molar-refractivity contribution in [2.45, 2.75) is 169 Å². The van der Waals surface area contributed by atoms with Crippen LogP contribution in [-0.2, 0) is 50.6 Å². The highest BCUT2D eigenvalue weighted by molar-refractivity contribution is 5.45. The van der Waals surface area contributed by atoms with Crippen molar-refractivity contribution >= 4 is 6.41 Å². The predicted octanol–water partition coefficient (Wildman–Crippen LogP) is 5.31. The number of hydrogen-bond acceptors (Lipinski definition) is 1. The average molecular weight is 773 g/mol. The maximum Gasteiger partial charge on any atom is 0.243 e. The molecule has 1 amide bonds. The fourth-order valence-corrected chi connectivity index (χ4v) is 7.98. The molecule has 4 unspecified atom stereocenters. The molecule has 0 radical (unpaired) electrons. The molecular formula is C44H74N11O+5. The standard InChI is InChI=1S/C44H73N11O/c1-6-10-16-46-21-23-51(36-46)33-42(34-52-24-22-47(37-52)20-14-15-45-35-56)44(55-30-27-50(40-55)19-13-9-4)32-43(54-29-26-49(39-54)18-12-8-3)31-41(5)53-28-25-48(38-53)17-11-7-2/h21-30,35-44H,6-20,31-34H2,1-5H3/q+4/p+1. The molecule has 0 aliphatic heterocycles. The Labute approximate surface area is 336 Å². The highest BCUT2D eigenvalue weighted by Gasteiger charge is 2.37. The van der Waals surface area contributed by atoms with Gasteiger partial charge in [0.2, 0.25) is 38.0 Å². The van der Waals surface area contributed by atoms with Crippen LogP contribution in [0.2, 0.25) is 0 Å². The van der Waals surface area contributed by atoms with E-state index in [0.717, 1.165) is 71.5 Å². The Morgan fingerprint density at radius 3 is 1.59 bits per heavy atom. The third-order valence-electron chi connectivity index (χ3n) is 11.4. The molecule has 4 atom stereocenters. The van der Waals surface area contributed by atoms with Gasteiger partial charge in [0.05, 0.1) is 38.6 Å². The Morgan fingerprint density at radius 2 is 1.04 bits per heavy atom. The Bertz CT molecular complexity index is 1810. The van der Waals surface area contributed by atoms with E-state index < -0.39 is 0 Å². The van der Waals surface area contributed by atoms with Crippen molar-refractivity contribution in [1.29, 1.82) is 0 Å². The molecule has 5 aromatic rings. The SMILES string of the molecule is CCCCn1cc[n+](CC(C[n+]2ccn(CCCNC=O)c2)C(CC(CC(C)n2cc[n+](CCCC)c2)n2cc[n+](CCCC)c2)n2cc[n+](CCCC)c2)c1. The number of unbranched alkanes of at least 4 members (excludes halogenated alkanes) is 4. The van der Waals surface area contributed by atoms with E-state index in [-0.39, 0.29) is 12.1 Å². The Hall–Kier alpha value is -4.48. The molecule has 5 aromatic heterocycles. The van der Waals surface area contributed by atoms with Gasteiger partial charge in [-0.15, -0.1) is 0 Å². The zero-order valence-electron chi connectivity index (χ0n) is 35.4. The lowest BCUT2D eigenvalue weighted by Gasteiger charge is -2.26. The van der Waals surface area contributed by atoms with Crippen molar-refractivity contribution in [2.75, 3.05) is 6.54 Å². The van der Waals surface area contributed by atoms with E-state index in [1.54, 1.807) is 0 Å². The lowest BCUT2D eigenvalue weighted by atomic mass is 9.90. The van der Waals surface area contributed by atoms with Gasteiger partial charge in [-0.1, -0.05) is 53.4 Å². The average Bonchev–Trinajstić information content (AvgIpc) is 4.06. The number of nitrogens with zero attached hydrogens (tertiary/aromatic N) is 10. The quantitative estimate of drug-likeness (QED) is 0.0400. The summed E-state index contributed by atoms with van der Waals surface area (Å²) in [5.74, 6) is 0.301. The smallest absolute Gasteiger partial charge is 0.243 e. The van der Waals surface area contributed by atoms with Gasteiger partial charge < -0.3 is 5.32 Å². The predicted molar refractivity (Wildman–Crippen MR) is 217 cm³/mol. The molecule has 1 N–H and O–H groups in total. The Morgan fingerprint density at radius 1 is 0.554 bits per heavy atom. The third-order valence-corrected chi connectivity index (χ3v) is 11.4. The van der Waals surface area contributed by atoms with Crippen LogP contribution < -0.4 is 28.2 Å². The number of imidazole rings is 5. The van der Waals surface area contributed by atoms with Crippen molar-refractivity contribution in [2.24, 2.45) is 5.92 Å². The van der Waals surface area contributed by atoms with E-state index in [9.17, 15) is 4.79 Å². The topological polar surface area (TPSA) is 73.2 Å². The van der Waals surface area contributed by atoms with Gasteiger partial charge in [-0.3, -0.25) is 4.79 Å². The molecule has 306 valence electrons. The largest absolute Gasteiger partial charge is 0.359 e. The van der Waals surface area contributed by atoms with Crippen molar-refractivity contribution in [1.82, 2.24) is 28.2 Å². The maximum absolute atomic E-state index is 10.8. The molecular weight excluding hydrogens is 699 g/mol. The minimum absolute atomic E-state index is 0.236. The van der Waals surface area contributed by atoms with E-state index >= 15 is 0 Å². The summed E-state index contributed by atoms with van der Waals surface area (Å²) in [7, 11) is 0. The van der Waals surface area contributed by atoms with Gasteiger partial charge in [0, 0.05) is 25.8 Å². The van der Waals surface area contributed by atoms with Crippen LogP contribution in [0.25, 0.3) is 0 Å². The summed E-state index contributed by atoms with van der Waals surface area (Å²) in [6.07, 6.45) is 47.5. The summed E-state index contributed by atoms with van der Waals surface area (Å²) in [5, 5.41) is 2.81. The van der Waals surface area contributed by atoms with Crippen molar-refractivity contribution < 1.29 is 27.6 Å². The van der Waals surface area contributed by atoms with Crippen LogP contribution in [0.1, 0.15) is 123 Å². The third kappa shape index (κ3) is 13.0. The fraction of sp³-hybridized carbons (Fsp3) is 0.636. The van der Waals surface area contributed by atoms with Crippen LogP contribution >= 0.6 is 0 Å². The first-order chi connectivity index (χ1) is 27.4. The number of amides is 1. The van der Waals surface area contributed by atoms with E-state index in [1.807, 2.05) is 0 Å². The normalized spacial score (nSPS) is 13.9. The number of aryl methyl sites for hydroxylation is 5. The van der Waals surface area contributed by atoms with Gasteiger partial charge in [0.15, 0.2) is 0 Å². The number of aromatic nitrogens is 10. The highest BCUT2D eigenvalue weighted by Crippen LogP contribution is 2.34. The van der Waals surface area contributed by atoms with Gasteiger partial charge in [-0.2, -0.15) is 0 Å². The number of nitrogens with one attached hydrogen (secondary N) is 1. The van der Waals surface area contributed by atoms with E-state index in [2.05, 4.69) is 179 Å². The first-order valence-corrected chi connectivity index (χ1v) is 21.9. The van der Waals surface area contributed by atoms with Crippen LogP contribution in [0, 0.1) is 5.92 Å². The van der Waals surface area contributed by atoms with Crippen LogP contribution in [0.15, 0.2) is 93.6 Å². The molecule has 0 aromatic carbocycles. The maximum atomic E-state index is 10.8. The van der Waals surface area contributed by atoms with Crippen LogP contribution in [-0.4, -0.2) is 35.8 Å². The molecule has 0 spiro atoms. The first-order valence-electron chi connectivity index (χ1n) is 21.9. The molecule has 56 heavy (non-hydrogen) atoms. The molecule has 0 fully saturated rings.